The Bertz CT molecular complexity index is 440. The third-order valence-electron chi connectivity index (χ3n) is 2.12. The molecule has 0 saturated carbocycles. The fourth-order valence-corrected chi connectivity index (χ4v) is 1.45. The molecule has 0 aliphatic rings. The molecule has 3 N–H and O–H groups in total. The van der Waals surface area contributed by atoms with E-state index in [9.17, 15) is 0 Å². The molecular weight excluding hydrogens is 178 g/mol. The summed E-state index contributed by atoms with van der Waals surface area (Å²) < 4.78 is 1.81. The quantitative estimate of drug-likeness (QED) is 0.729. The van der Waals surface area contributed by atoms with Crippen LogP contribution in [0, 0.1) is 6.92 Å². The fraction of sp³-hybridized carbons (Fsp3) is 0.333. The number of nitrogens with two attached hydrogens (primary N) is 1. The first kappa shape index (κ1) is 8.96. The number of rotatable bonds is 2. The molecule has 0 radical (unpaired) electrons. The molecule has 2 heterocycles. The van der Waals surface area contributed by atoms with Crippen LogP contribution in [0.4, 0.5) is 0 Å². The average molecular weight is 191 g/mol. The minimum absolute atomic E-state index is 0.476. The number of hydrogen-bond acceptors (Lipinski definition) is 3. The van der Waals surface area contributed by atoms with Gasteiger partial charge in [0.2, 0.25) is 0 Å². The van der Waals surface area contributed by atoms with Crippen LogP contribution in [0.2, 0.25) is 0 Å². The highest BCUT2D eigenvalue weighted by molar-refractivity contribution is 5.55. The van der Waals surface area contributed by atoms with E-state index in [1.54, 1.807) is 0 Å². The molecule has 74 valence electrons. The molecule has 0 aromatic carbocycles. The average Bonchev–Trinajstić information content (AvgIpc) is 2.71. The molecular formula is C9H13N5. The van der Waals surface area contributed by atoms with E-state index in [0.29, 0.717) is 6.54 Å². The number of aromatic nitrogens is 4. The lowest BCUT2D eigenvalue weighted by molar-refractivity contribution is 0.761. The van der Waals surface area contributed by atoms with Gasteiger partial charge in [-0.2, -0.15) is 10.2 Å². The van der Waals surface area contributed by atoms with Gasteiger partial charge < -0.3 is 5.73 Å². The molecule has 5 nitrogen and oxygen atoms in total. The van der Waals surface area contributed by atoms with E-state index in [2.05, 4.69) is 15.3 Å². The Balaban J connectivity index is 2.43. The molecule has 0 saturated heterocycles. The lowest BCUT2D eigenvalue weighted by atomic mass is 10.2. The molecule has 0 aliphatic heterocycles. The van der Waals surface area contributed by atoms with Crippen molar-refractivity contribution < 1.29 is 0 Å². The number of nitrogens with one attached hydrogen (secondary N) is 1. The van der Waals surface area contributed by atoms with Crippen molar-refractivity contribution in [3.63, 3.8) is 0 Å². The maximum absolute atomic E-state index is 5.49. The second-order valence-electron chi connectivity index (χ2n) is 3.28. The summed E-state index contributed by atoms with van der Waals surface area (Å²) in [7, 11) is 1.90. The Morgan fingerprint density at radius 1 is 1.50 bits per heavy atom. The van der Waals surface area contributed by atoms with Crippen LogP contribution in [0.3, 0.4) is 0 Å². The minimum Gasteiger partial charge on any atom is -0.325 e. The lowest BCUT2D eigenvalue weighted by Gasteiger charge is -1.94. The van der Waals surface area contributed by atoms with Crippen LogP contribution in [0.5, 0.6) is 0 Å². The van der Waals surface area contributed by atoms with Crippen LogP contribution in [0.15, 0.2) is 12.1 Å². The smallest absolute Gasteiger partial charge is 0.110 e. The molecule has 0 unspecified atom stereocenters. The van der Waals surface area contributed by atoms with Crippen LogP contribution in [0.1, 0.15) is 11.4 Å². The van der Waals surface area contributed by atoms with Crippen molar-refractivity contribution in [1.82, 2.24) is 20.0 Å². The van der Waals surface area contributed by atoms with E-state index in [-0.39, 0.29) is 0 Å². The van der Waals surface area contributed by atoms with Gasteiger partial charge in [-0.1, -0.05) is 0 Å². The zero-order valence-corrected chi connectivity index (χ0v) is 8.28. The summed E-state index contributed by atoms with van der Waals surface area (Å²) >= 11 is 0. The first-order valence-corrected chi connectivity index (χ1v) is 4.46. The van der Waals surface area contributed by atoms with E-state index in [4.69, 9.17) is 5.73 Å². The molecule has 0 atom stereocenters. The van der Waals surface area contributed by atoms with Gasteiger partial charge in [-0.3, -0.25) is 9.78 Å². The molecule has 2 aromatic rings. The van der Waals surface area contributed by atoms with Crippen LogP contribution >= 0.6 is 0 Å². The van der Waals surface area contributed by atoms with Gasteiger partial charge in [0.05, 0.1) is 11.4 Å². The summed E-state index contributed by atoms with van der Waals surface area (Å²) in [6.07, 6.45) is 0. The van der Waals surface area contributed by atoms with E-state index < -0.39 is 0 Å². The Labute approximate surface area is 81.9 Å². The Kier molecular flexibility index (Phi) is 2.09. The normalized spacial score (nSPS) is 10.8. The molecule has 2 rings (SSSR count). The predicted octanol–water partition coefficient (Wildman–Crippen LogP) is 0.577. The minimum atomic E-state index is 0.476. The standard InChI is InChI=1S/C9H13N5/c1-6-3-9(14(2)13-6)8-4-7(5-10)11-12-8/h3-4H,5,10H2,1-2H3,(H,11,12). The highest BCUT2D eigenvalue weighted by atomic mass is 15.3. The van der Waals surface area contributed by atoms with E-state index >= 15 is 0 Å². The highest BCUT2D eigenvalue weighted by Crippen LogP contribution is 2.17. The van der Waals surface area contributed by atoms with Gasteiger partial charge in [0.1, 0.15) is 5.69 Å². The van der Waals surface area contributed by atoms with Crippen LogP contribution in [-0.2, 0) is 13.6 Å². The van der Waals surface area contributed by atoms with Crippen LogP contribution in [0.25, 0.3) is 11.4 Å². The molecule has 2 aromatic heterocycles. The topological polar surface area (TPSA) is 72.5 Å². The summed E-state index contributed by atoms with van der Waals surface area (Å²) in [5.74, 6) is 0. The Morgan fingerprint density at radius 3 is 2.79 bits per heavy atom. The van der Waals surface area contributed by atoms with Crippen molar-refractivity contribution in [2.75, 3.05) is 0 Å². The predicted molar refractivity (Wildman–Crippen MR) is 53.4 cm³/mol. The number of H-pyrrole nitrogens is 1. The highest BCUT2D eigenvalue weighted by Gasteiger charge is 2.08. The first-order valence-electron chi connectivity index (χ1n) is 4.46. The largest absolute Gasteiger partial charge is 0.325 e. The number of aromatic amines is 1. The van der Waals surface area contributed by atoms with Gasteiger partial charge in [-0.15, -0.1) is 0 Å². The van der Waals surface area contributed by atoms with Gasteiger partial charge in [0, 0.05) is 19.3 Å². The summed E-state index contributed by atoms with van der Waals surface area (Å²) in [6, 6.07) is 3.94. The Morgan fingerprint density at radius 2 is 2.29 bits per heavy atom. The van der Waals surface area contributed by atoms with E-state index in [0.717, 1.165) is 22.8 Å². The van der Waals surface area contributed by atoms with Gasteiger partial charge >= 0.3 is 0 Å². The second kappa shape index (κ2) is 3.26. The molecule has 14 heavy (non-hydrogen) atoms. The summed E-state index contributed by atoms with van der Waals surface area (Å²) in [5.41, 5.74) is 9.29. The van der Waals surface area contributed by atoms with Gasteiger partial charge in [-0.25, -0.2) is 0 Å². The molecule has 5 heteroatoms. The van der Waals surface area contributed by atoms with Crippen molar-refractivity contribution in [3.8, 4) is 11.4 Å². The van der Waals surface area contributed by atoms with Gasteiger partial charge in [0.25, 0.3) is 0 Å². The van der Waals surface area contributed by atoms with Crippen molar-refractivity contribution >= 4 is 0 Å². The number of aryl methyl sites for hydroxylation is 2. The summed E-state index contributed by atoms with van der Waals surface area (Å²) in [5, 5.41) is 11.3. The van der Waals surface area contributed by atoms with Crippen molar-refractivity contribution in [3.05, 3.63) is 23.5 Å². The number of hydrogen-bond donors (Lipinski definition) is 2. The Hall–Kier alpha value is -1.62. The lowest BCUT2D eigenvalue weighted by Crippen LogP contribution is -1.95. The molecule has 0 aliphatic carbocycles. The molecule has 0 bridgehead atoms. The zero-order chi connectivity index (χ0) is 10.1. The third kappa shape index (κ3) is 1.42. The van der Waals surface area contributed by atoms with Crippen LogP contribution in [-0.4, -0.2) is 20.0 Å². The maximum Gasteiger partial charge on any atom is 0.110 e. The summed E-state index contributed by atoms with van der Waals surface area (Å²) in [4.78, 5) is 0. The van der Waals surface area contributed by atoms with E-state index in [1.165, 1.54) is 0 Å². The summed E-state index contributed by atoms with van der Waals surface area (Å²) in [6.45, 7) is 2.43. The SMILES string of the molecule is Cc1cc(-c2cc(CN)[nH]n2)n(C)n1. The van der Waals surface area contributed by atoms with Gasteiger partial charge in [0.15, 0.2) is 0 Å². The maximum atomic E-state index is 5.49. The van der Waals surface area contributed by atoms with Crippen molar-refractivity contribution in [2.45, 2.75) is 13.5 Å². The van der Waals surface area contributed by atoms with Crippen molar-refractivity contribution in [1.29, 1.82) is 0 Å². The van der Waals surface area contributed by atoms with E-state index in [1.807, 2.05) is 30.8 Å². The fourth-order valence-electron chi connectivity index (χ4n) is 1.45. The first-order chi connectivity index (χ1) is 6.70. The van der Waals surface area contributed by atoms with Crippen molar-refractivity contribution in [2.24, 2.45) is 12.8 Å². The molecule has 0 fully saturated rings. The molecule has 0 amide bonds. The second-order valence-corrected chi connectivity index (χ2v) is 3.28. The zero-order valence-electron chi connectivity index (χ0n) is 8.28. The van der Waals surface area contributed by atoms with Gasteiger partial charge in [-0.05, 0) is 19.1 Å². The van der Waals surface area contributed by atoms with Crippen LogP contribution < -0.4 is 5.73 Å². The monoisotopic (exact) mass is 191 g/mol. The molecule has 0 spiro atoms. The number of nitrogens with zero attached hydrogens (tertiary/aromatic N) is 3. The third-order valence-corrected chi connectivity index (χ3v) is 2.12.